The van der Waals surface area contributed by atoms with Crippen molar-refractivity contribution in [1.29, 1.82) is 0 Å². The molecule has 16 heavy (non-hydrogen) atoms. The molecule has 8 heteroatoms. The molecule has 7 nitrogen and oxygen atoms in total. The molecule has 0 aliphatic heterocycles. The molecule has 0 aliphatic rings. The predicted molar refractivity (Wildman–Crippen MR) is 59.9 cm³/mol. The van der Waals surface area contributed by atoms with Crippen molar-refractivity contribution in [3.8, 4) is 0 Å². The number of rotatable bonds is 3. The molecule has 1 unspecified atom stereocenters. The lowest BCUT2D eigenvalue weighted by Gasteiger charge is -2.07. The first-order chi connectivity index (χ1) is 7.49. The summed E-state index contributed by atoms with van der Waals surface area (Å²) in [6.07, 6.45) is 1.33. The van der Waals surface area contributed by atoms with E-state index >= 15 is 0 Å². The summed E-state index contributed by atoms with van der Waals surface area (Å²) in [5.74, 6) is 0.122. The van der Waals surface area contributed by atoms with E-state index in [1.54, 1.807) is 0 Å². The van der Waals surface area contributed by atoms with Gasteiger partial charge in [-0.05, 0) is 12.1 Å². The third-order valence-corrected chi connectivity index (χ3v) is 2.25. The van der Waals surface area contributed by atoms with Gasteiger partial charge in [0.05, 0.1) is 6.20 Å². The Kier molecular flexibility index (Phi) is 4.09. The lowest BCUT2D eigenvalue weighted by atomic mass is 10.4. The van der Waals surface area contributed by atoms with E-state index in [0.29, 0.717) is 11.5 Å². The Hall–Kier alpha value is -1.80. The Bertz CT molecular complexity index is 395. The van der Waals surface area contributed by atoms with Gasteiger partial charge in [0.1, 0.15) is 11.5 Å². The molecular formula is C8H10N4O3S. The fourth-order valence-corrected chi connectivity index (χ4v) is 1.30. The van der Waals surface area contributed by atoms with Crippen molar-refractivity contribution in [2.45, 2.75) is 6.92 Å². The van der Waals surface area contributed by atoms with Gasteiger partial charge in [-0.2, -0.15) is 4.72 Å². The zero-order valence-electron chi connectivity index (χ0n) is 8.39. The normalized spacial score (nSPS) is 11.6. The molecule has 0 fully saturated rings. The molecule has 0 saturated heterocycles. The average Bonchev–Trinajstić information content (AvgIpc) is 2.20. The van der Waals surface area contributed by atoms with Crippen LogP contribution in [0.1, 0.15) is 6.92 Å². The second kappa shape index (κ2) is 5.33. The van der Waals surface area contributed by atoms with E-state index in [0.717, 1.165) is 0 Å². The second-order valence-electron chi connectivity index (χ2n) is 2.80. The van der Waals surface area contributed by atoms with Crippen LogP contribution in [-0.2, 0) is 16.2 Å². The van der Waals surface area contributed by atoms with Gasteiger partial charge in [-0.15, -0.1) is 0 Å². The van der Waals surface area contributed by atoms with E-state index in [1.165, 1.54) is 25.3 Å². The number of anilines is 2. The summed E-state index contributed by atoms with van der Waals surface area (Å²) in [6, 6.07) is 3.01. The van der Waals surface area contributed by atoms with Crippen LogP contribution < -0.4 is 15.8 Å². The zero-order chi connectivity index (χ0) is 12.1. The van der Waals surface area contributed by atoms with Crippen LogP contribution in [0.4, 0.5) is 16.3 Å². The number of carbonyl (C=O) groups excluding carboxylic acids is 2. The highest BCUT2D eigenvalue weighted by Gasteiger charge is 2.14. The number of nitrogens with one attached hydrogen (secondary N) is 2. The maximum atomic E-state index is 11.0. The van der Waals surface area contributed by atoms with Gasteiger partial charge in [-0.1, -0.05) is 0 Å². The van der Waals surface area contributed by atoms with Gasteiger partial charge in [-0.3, -0.25) is 4.79 Å². The first-order valence-electron chi connectivity index (χ1n) is 4.20. The average molecular weight is 242 g/mol. The van der Waals surface area contributed by atoms with E-state index < -0.39 is 16.6 Å². The van der Waals surface area contributed by atoms with E-state index in [-0.39, 0.29) is 5.91 Å². The Morgan fingerprint density at radius 2 is 2.19 bits per heavy atom. The number of aromatic nitrogens is 1. The summed E-state index contributed by atoms with van der Waals surface area (Å²) in [4.78, 5) is 25.0. The third-order valence-electron chi connectivity index (χ3n) is 1.46. The molecule has 1 rings (SSSR count). The van der Waals surface area contributed by atoms with Crippen molar-refractivity contribution in [2.75, 3.05) is 10.0 Å². The highest BCUT2D eigenvalue weighted by Crippen LogP contribution is 2.11. The molecule has 0 spiro atoms. The molecule has 86 valence electrons. The Balaban J connectivity index is 2.64. The first-order valence-corrected chi connectivity index (χ1v) is 5.35. The van der Waals surface area contributed by atoms with Gasteiger partial charge in [0.2, 0.25) is 5.91 Å². The number of amides is 2. The molecule has 0 saturated carbocycles. The molecule has 1 aromatic rings. The second-order valence-corrected chi connectivity index (χ2v) is 3.95. The third kappa shape index (κ3) is 3.75. The number of hydrogen-bond donors (Lipinski definition) is 3. The van der Waals surface area contributed by atoms with E-state index in [4.69, 9.17) is 5.73 Å². The Morgan fingerprint density at radius 1 is 1.50 bits per heavy atom. The molecule has 1 heterocycles. The minimum atomic E-state index is -1.98. The molecule has 2 amide bonds. The Morgan fingerprint density at radius 3 is 2.62 bits per heavy atom. The van der Waals surface area contributed by atoms with Crippen molar-refractivity contribution in [1.82, 2.24) is 4.98 Å². The molecular weight excluding hydrogens is 232 g/mol. The predicted octanol–water partition coefficient (Wildman–Crippen LogP) is 0.194. The van der Waals surface area contributed by atoms with Crippen LogP contribution in [0.25, 0.3) is 0 Å². The van der Waals surface area contributed by atoms with Gasteiger partial charge < -0.3 is 15.6 Å². The largest absolute Gasteiger partial charge is 0.584 e. The summed E-state index contributed by atoms with van der Waals surface area (Å²) in [6.45, 7) is 1.36. The van der Waals surface area contributed by atoms with Crippen LogP contribution in [-0.4, -0.2) is 20.7 Å². The monoisotopic (exact) mass is 242 g/mol. The SMILES string of the molecule is CC(=O)Nc1ccc(N[S+]([O-])C(N)=O)cn1. The molecule has 1 aromatic heterocycles. The lowest BCUT2D eigenvalue weighted by Crippen LogP contribution is -2.28. The lowest BCUT2D eigenvalue weighted by molar-refractivity contribution is -0.114. The van der Waals surface area contributed by atoms with E-state index in [2.05, 4.69) is 15.0 Å². The number of hydrogen-bond acceptors (Lipinski definition) is 5. The maximum absolute atomic E-state index is 11.0. The number of nitrogens with two attached hydrogens (primary N) is 1. The number of carbonyl (C=O) groups is 2. The summed E-state index contributed by atoms with van der Waals surface area (Å²) in [7, 11) is 0. The maximum Gasteiger partial charge on any atom is 0.451 e. The van der Waals surface area contributed by atoms with Crippen LogP contribution in [0.3, 0.4) is 0 Å². The van der Waals surface area contributed by atoms with Crippen LogP contribution in [0.15, 0.2) is 18.3 Å². The van der Waals surface area contributed by atoms with Gasteiger partial charge in [0, 0.05) is 6.92 Å². The van der Waals surface area contributed by atoms with Crippen molar-refractivity contribution < 1.29 is 14.1 Å². The van der Waals surface area contributed by atoms with Gasteiger partial charge in [-0.25, -0.2) is 9.78 Å². The molecule has 0 bridgehead atoms. The zero-order valence-corrected chi connectivity index (χ0v) is 9.21. The topological polar surface area (TPSA) is 120 Å². The first kappa shape index (κ1) is 12.3. The van der Waals surface area contributed by atoms with Crippen molar-refractivity contribution in [3.63, 3.8) is 0 Å². The smallest absolute Gasteiger partial charge is 0.451 e. The van der Waals surface area contributed by atoms with Gasteiger partial charge in [0.15, 0.2) is 11.4 Å². The fourth-order valence-electron chi connectivity index (χ4n) is 0.866. The van der Waals surface area contributed by atoms with Crippen molar-refractivity contribution in [2.24, 2.45) is 5.73 Å². The van der Waals surface area contributed by atoms with Gasteiger partial charge in [0.25, 0.3) is 0 Å². The quantitative estimate of drug-likeness (QED) is 0.653. The molecule has 0 aromatic carbocycles. The summed E-state index contributed by atoms with van der Waals surface area (Å²) in [5, 5.41) is 1.50. The molecule has 4 N–H and O–H groups in total. The van der Waals surface area contributed by atoms with Crippen LogP contribution in [0.2, 0.25) is 0 Å². The minimum Gasteiger partial charge on any atom is -0.584 e. The molecule has 0 radical (unpaired) electrons. The summed E-state index contributed by atoms with van der Waals surface area (Å²) in [5.41, 5.74) is 5.17. The number of primary amides is 1. The summed E-state index contributed by atoms with van der Waals surface area (Å²) < 4.78 is 13.3. The minimum absolute atomic E-state index is 0.242. The van der Waals surface area contributed by atoms with Crippen molar-refractivity contribution in [3.05, 3.63) is 18.3 Å². The molecule has 0 aliphatic carbocycles. The highest BCUT2D eigenvalue weighted by atomic mass is 32.2. The fraction of sp³-hybridized carbons (Fsp3) is 0.125. The van der Waals surface area contributed by atoms with Crippen LogP contribution in [0, 0.1) is 0 Å². The van der Waals surface area contributed by atoms with Gasteiger partial charge >= 0.3 is 5.24 Å². The Labute approximate surface area is 94.7 Å². The van der Waals surface area contributed by atoms with Crippen LogP contribution >= 0.6 is 0 Å². The number of pyridine rings is 1. The van der Waals surface area contributed by atoms with Crippen molar-refractivity contribution >= 4 is 34.0 Å². The standard InChI is InChI=1S/C8H10N4O3S/c1-5(13)11-7-3-2-6(4-10-7)12-16(15)8(9)14/h2-4,12H,1H3,(H2,9,14)(H,10,11,13). The summed E-state index contributed by atoms with van der Waals surface area (Å²) >= 11 is -1.98. The number of nitrogens with zero attached hydrogens (tertiary/aromatic N) is 1. The van der Waals surface area contributed by atoms with Crippen LogP contribution in [0.5, 0.6) is 0 Å². The highest BCUT2D eigenvalue weighted by molar-refractivity contribution is 8.07. The molecule has 1 atom stereocenters. The van der Waals surface area contributed by atoms with E-state index in [9.17, 15) is 14.1 Å². The van der Waals surface area contributed by atoms with E-state index in [1.807, 2.05) is 0 Å².